The van der Waals surface area contributed by atoms with Gasteiger partial charge in [0.05, 0.1) is 0 Å². The molecule has 0 aliphatic carbocycles. The van der Waals surface area contributed by atoms with Gasteiger partial charge >= 0.3 is 11.9 Å². The van der Waals surface area contributed by atoms with Crippen molar-refractivity contribution in [3.8, 4) is 0 Å². The molecule has 1 N–H and O–H groups in total. The molecule has 0 bridgehead atoms. The molecule has 160 valence electrons. The number of carbonyl (C=O) groups is 2. The van der Waals surface area contributed by atoms with Gasteiger partial charge in [0.15, 0.2) is 0 Å². The summed E-state index contributed by atoms with van der Waals surface area (Å²) in [7, 11) is 0. The van der Waals surface area contributed by atoms with Gasteiger partial charge in [-0.2, -0.15) is 0 Å². The Morgan fingerprint density at radius 3 is 1.50 bits per heavy atom. The van der Waals surface area contributed by atoms with Crippen LogP contribution in [-0.2, 0) is 14.3 Å². The summed E-state index contributed by atoms with van der Waals surface area (Å²) in [5, 5.41) is 8.44. The molecule has 4 heteroatoms. The van der Waals surface area contributed by atoms with Crippen LogP contribution in [0.25, 0.3) is 0 Å². The van der Waals surface area contributed by atoms with Crippen LogP contribution in [0.15, 0.2) is 46.6 Å². The molecule has 0 fully saturated rings. The van der Waals surface area contributed by atoms with Crippen molar-refractivity contribution in [2.75, 3.05) is 6.61 Å². The lowest BCUT2D eigenvalue weighted by Crippen LogP contribution is -1.98. The predicted molar refractivity (Wildman–Crippen MR) is 118 cm³/mol. The molecule has 4 nitrogen and oxygen atoms in total. The van der Waals surface area contributed by atoms with E-state index in [0.29, 0.717) is 13.0 Å². The normalized spacial score (nSPS) is 11.1. The van der Waals surface area contributed by atoms with E-state index in [1.54, 1.807) is 0 Å². The van der Waals surface area contributed by atoms with Crippen molar-refractivity contribution in [3.63, 3.8) is 0 Å². The molecular formula is C24H40O4. The quantitative estimate of drug-likeness (QED) is 0.311. The summed E-state index contributed by atoms with van der Waals surface area (Å²) in [6, 6.07) is 0. The van der Waals surface area contributed by atoms with E-state index in [4.69, 9.17) is 9.84 Å². The van der Waals surface area contributed by atoms with Gasteiger partial charge in [-0.1, -0.05) is 40.5 Å². The van der Waals surface area contributed by atoms with Crippen molar-refractivity contribution in [2.24, 2.45) is 0 Å². The van der Waals surface area contributed by atoms with Crippen LogP contribution in [0.1, 0.15) is 87.0 Å². The minimum atomic E-state index is -0.724. The average molecular weight is 393 g/mol. The molecule has 0 spiro atoms. The lowest BCUT2D eigenvalue weighted by atomic mass is 10.1. The SMILES string of the molecule is CC(=O)OC/C=C(/C)CCC=C(C)C.CC(C)=CCC/C(C)=C/CCC(=O)O. The summed E-state index contributed by atoms with van der Waals surface area (Å²) >= 11 is 0. The summed E-state index contributed by atoms with van der Waals surface area (Å²) in [5.74, 6) is -0.948. The van der Waals surface area contributed by atoms with Gasteiger partial charge in [0, 0.05) is 13.3 Å². The van der Waals surface area contributed by atoms with E-state index in [-0.39, 0.29) is 12.4 Å². The zero-order chi connectivity index (χ0) is 21.9. The van der Waals surface area contributed by atoms with Gasteiger partial charge in [0.2, 0.25) is 0 Å². The van der Waals surface area contributed by atoms with Crippen LogP contribution in [-0.4, -0.2) is 23.7 Å². The van der Waals surface area contributed by atoms with E-state index in [1.807, 2.05) is 12.2 Å². The zero-order valence-electron chi connectivity index (χ0n) is 18.9. The first-order chi connectivity index (χ1) is 13.0. The first-order valence-corrected chi connectivity index (χ1v) is 9.97. The van der Waals surface area contributed by atoms with Gasteiger partial charge in [-0.25, -0.2) is 0 Å². The van der Waals surface area contributed by atoms with Crippen LogP contribution in [0.4, 0.5) is 0 Å². The van der Waals surface area contributed by atoms with Crippen LogP contribution in [0.2, 0.25) is 0 Å². The van der Waals surface area contributed by atoms with Crippen molar-refractivity contribution in [3.05, 3.63) is 46.6 Å². The Balaban J connectivity index is 0. The fourth-order valence-corrected chi connectivity index (χ4v) is 2.12. The highest BCUT2D eigenvalue weighted by molar-refractivity contribution is 5.66. The van der Waals surface area contributed by atoms with E-state index < -0.39 is 5.97 Å². The third-order valence-electron chi connectivity index (χ3n) is 3.75. The summed E-state index contributed by atoms with van der Waals surface area (Å²) in [6.07, 6.45) is 13.5. The van der Waals surface area contributed by atoms with Crippen molar-refractivity contribution >= 4 is 11.9 Å². The largest absolute Gasteiger partial charge is 0.481 e. The molecule has 0 atom stereocenters. The Morgan fingerprint density at radius 1 is 0.679 bits per heavy atom. The first kappa shape index (κ1) is 28.1. The molecule has 0 saturated heterocycles. The zero-order valence-corrected chi connectivity index (χ0v) is 18.9. The lowest BCUT2D eigenvalue weighted by molar-refractivity contribution is -0.140. The van der Waals surface area contributed by atoms with Crippen LogP contribution in [0.5, 0.6) is 0 Å². The monoisotopic (exact) mass is 392 g/mol. The van der Waals surface area contributed by atoms with Crippen LogP contribution in [0, 0.1) is 0 Å². The molecule has 0 aliphatic heterocycles. The van der Waals surface area contributed by atoms with E-state index in [1.165, 1.54) is 29.2 Å². The summed E-state index contributed by atoms with van der Waals surface area (Å²) in [5.41, 5.74) is 5.23. The number of allylic oxidation sites excluding steroid dienone is 7. The molecule has 28 heavy (non-hydrogen) atoms. The van der Waals surface area contributed by atoms with Gasteiger partial charge in [-0.3, -0.25) is 9.59 Å². The maximum absolute atomic E-state index is 10.5. The molecule has 0 heterocycles. The molecular weight excluding hydrogens is 352 g/mol. The van der Waals surface area contributed by atoms with Crippen LogP contribution in [0.3, 0.4) is 0 Å². The molecule has 0 aromatic carbocycles. The maximum Gasteiger partial charge on any atom is 0.303 e. The molecule has 0 rings (SSSR count). The number of rotatable bonds is 11. The number of hydrogen-bond donors (Lipinski definition) is 1. The summed E-state index contributed by atoms with van der Waals surface area (Å²) < 4.78 is 4.81. The third-order valence-corrected chi connectivity index (χ3v) is 3.75. The van der Waals surface area contributed by atoms with Crippen molar-refractivity contribution in [1.29, 1.82) is 0 Å². The molecule has 0 unspecified atom stereocenters. The fourth-order valence-electron chi connectivity index (χ4n) is 2.12. The van der Waals surface area contributed by atoms with E-state index in [2.05, 4.69) is 53.7 Å². The standard InChI is InChI=1S/2C12H20O2/c1-10(2)6-5-7-11(3)8-9-14-12(4)13;1-10(2)6-4-7-11(3)8-5-9-12(13)14/h6,8H,5,7,9H2,1-4H3;6,8H,4-5,7,9H2,1-3H3,(H,13,14)/b11-8-;11-8+. The Labute approximate surface area is 172 Å². The highest BCUT2D eigenvalue weighted by Gasteiger charge is 1.94. The predicted octanol–water partition coefficient (Wildman–Crippen LogP) is 6.79. The Morgan fingerprint density at radius 2 is 1.11 bits per heavy atom. The second-order valence-electron chi connectivity index (χ2n) is 7.48. The average Bonchev–Trinajstić information content (AvgIpc) is 2.54. The Hall–Kier alpha value is -2.10. The lowest BCUT2D eigenvalue weighted by Gasteiger charge is -2.00. The minimum Gasteiger partial charge on any atom is -0.481 e. The Bertz CT molecular complexity index is 517. The van der Waals surface area contributed by atoms with E-state index in [9.17, 15) is 9.59 Å². The summed E-state index contributed by atoms with van der Waals surface area (Å²) in [6.45, 7) is 14.3. The highest BCUT2D eigenvalue weighted by Crippen LogP contribution is 2.08. The number of aliphatic carboxylic acids is 1. The summed E-state index contributed by atoms with van der Waals surface area (Å²) in [4.78, 5) is 20.7. The molecule has 0 aliphatic rings. The molecule has 0 saturated carbocycles. The second-order valence-corrected chi connectivity index (χ2v) is 7.48. The number of ether oxygens (including phenoxy) is 1. The van der Waals surface area contributed by atoms with Crippen LogP contribution >= 0.6 is 0 Å². The van der Waals surface area contributed by atoms with Gasteiger partial charge < -0.3 is 9.84 Å². The van der Waals surface area contributed by atoms with Crippen molar-refractivity contribution < 1.29 is 19.4 Å². The number of carboxylic acids is 1. The first-order valence-electron chi connectivity index (χ1n) is 9.97. The number of esters is 1. The number of carboxylic acid groups (broad SMARTS) is 1. The minimum absolute atomic E-state index is 0.224. The topological polar surface area (TPSA) is 63.6 Å². The fraction of sp³-hybridized carbons (Fsp3) is 0.583. The molecule has 0 radical (unpaired) electrons. The smallest absolute Gasteiger partial charge is 0.303 e. The van der Waals surface area contributed by atoms with Crippen molar-refractivity contribution in [2.45, 2.75) is 87.0 Å². The second kappa shape index (κ2) is 18.3. The molecule has 0 aromatic rings. The molecule has 0 amide bonds. The molecule has 0 aromatic heterocycles. The van der Waals surface area contributed by atoms with Gasteiger partial charge in [0.25, 0.3) is 0 Å². The van der Waals surface area contributed by atoms with Gasteiger partial charge in [-0.15, -0.1) is 0 Å². The van der Waals surface area contributed by atoms with Crippen molar-refractivity contribution in [1.82, 2.24) is 0 Å². The highest BCUT2D eigenvalue weighted by atomic mass is 16.5. The number of carbonyl (C=O) groups excluding carboxylic acids is 1. The van der Waals surface area contributed by atoms with E-state index >= 15 is 0 Å². The maximum atomic E-state index is 10.5. The van der Waals surface area contributed by atoms with Gasteiger partial charge in [-0.05, 0) is 79.7 Å². The van der Waals surface area contributed by atoms with Gasteiger partial charge in [0.1, 0.15) is 6.61 Å². The Kier molecular flexibility index (Phi) is 18.3. The van der Waals surface area contributed by atoms with E-state index in [0.717, 1.165) is 25.7 Å². The third kappa shape index (κ3) is 26.1. The number of hydrogen-bond acceptors (Lipinski definition) is 3. The van der Waals surface area contributed by atoms with Crippen LogP contribution < -0.4 is 0 Å².